The summed E-state index contributed by atoms with van der Waals surface area (Å²) in [5.74, 6) is 2.55. The number of urea groups is 1. The second-order valence-electron chi connectivity index (χ2n) is 8.81. The fourth-order valence-corrected chi connectivity index (χ4v) is 3.22. The maximum atomic E-state index is 12.2. The van der Waals surface area contributed by atoms with Crippen LogP contribution in [0.1, 0.15) is 32.8 Å². The first-order valence-corrected chi connectivity index (χ1v) is 10.5. The third-order valence-corrected chi connectivity index (χ3v) is 5.02. The molecule has 0 fully saturated rings. The summed E-state index contributed by atoms with van der Waals surface area (Å²) in [4.78, 5) is 16.6. The first kappa shape index (κ1) is 23.2. The lowest BCUT2D eigenvalue weighted by molar-refractivity contribution is 0.250. The molecule has 32 heavy (non-hydrogen) atoms. The van der Waals surface area contributed by atoms with Crippen molar-refractivity contribution in [3.63, 3.8) is 0 Å². The van der Waals surface area contributed by atoms with E-state index in [9.17, 15) is 4.79 Å². The zero-order valence-corrected chi connectivity index (χ0v) is 19.5. The van der Waals surface area contributed by atoms with Crippen LogP contribution in [-0.2, 0) is 0 Å². The molecule has 0 atom stereocenters. The van der Waals surface area contributed by atoms with Gasteiger partial charge in [0.15, 0.2) is 11.5 Å². The van der Waals surface area contributed by atoms with E-state index in [2.05, 4.69) is 36.4 Å². The predicted octanol–water partition coefficient (Wildman–Crippen LogP) is 5.91. The van der Waals surface area contributed by atoms with E-state index in [1.54, 1.807) is 20.4 Å². The number of anilines is 1. The highest BCUT2D eigenvalue weighted by atomic mass is 16.5. The van der Waals surface area contributed by atoms with E-state index in [0.29, 0.717) is 35.2 Å². The SMILES string of the molecule is COc1cc2nccc(Oc3ccc(NC(=O)NCCC(C)(C)C)cc3C)c2cc1OC. The molecule has 1 heterocycles. The van der Waals surface area contributed by atoms with Gasteiger partial charge in [-0.25, -0.2) is 4.79 Å². The smallest absolute Gasteiger partial charge is 0.319 e. The van der Waals surface area contributed by atoms with E-state index in [-0.39, 0.29) is 11.4 Å². The lowest BCUT2D eigenvalue weighted by Gasteiger charge is -2.18. The lowest BCUT2D eigenvalue weighted by atomic mass is 9.92. The van der Waals surface area contributed by atoms with E-state index >= 15 is 0 Å². The monoisotopic (exact) mass is 437 g/mol. The highest BCUT2D eigenvalue weighted by Crippen LogP contribution is 2.37. The lowest BCUT2D eigenvalue weighted by Crippen LogP contribution is -2.31. The Balaban J connectivity index is 1.75. The average Bonchev–Trinajstić information content (AvgIpc) is 2.73. The quantitative estimate of drug-likeness (QED) is 0.480. The number of methoxy groups -OCH3 is 2. The zero-order valence-electron chi connectivity index (χ0n) is 19.5. The second kappa shape index (κ2) is 9.77. The van der Waals surface area contributed by atoms with Crippen LogP contribution in [-0.4, -0.2) is 31.8 Å². The average molecular weight is 438 g/mol. The van der Waals surface area contributed by atoms with Crippen LogP contribution in [0.2, 0.25) is 0 Å². The van der Waals surface area contributed by atoms with Crippen LogP contribution in [0.3, 0.4) is 0 Å². The van der Waals surface area contributed by atoms with Gasteiger partial charge in [-0.05, 0) is 54.7 Å². The van der Waals surface area contributed by atoms with Crippen molar-refractivity contribution in [1.82, 2.24) is 10.3 Å². The minimum Gasteiger partial charge on any atom is -0.493 e. The molecule has 7 heteroatoms. The van der Waals surface area contributed by atoms with E-state index in [1.807, 2.05) is 43.3 Å². The van der Waals surface area contributed by atoms with Gasteiger partial charge in [0, 0.05) is 29.9 Å². The number of hydrogen-bond acceptors (Lipinski definition) is 5. The molecular formula is C25H31N3O4. The van der Waals surface area contributed by atoms with E-state index in [1.165, 1.54) is 0 Å². The summed E-state index contributed by atoms with van der Waals surface area (Å²) < 4.78 is 17.0. The van der Waals surface area contributed by atoms with E-state index < -0.39 is 0 Å². The number of rotatable bonds is 7. The van der Waals surface area contributed by atoms with Gasteiger partial charge >= 0.3 is 6.03 Å². The zero-order chi connectivity index (χ0) is 23.3. The number of carbonyl (C=O) groups excluding carboxylic acids is 1. The Morgan fingerprint density at radius 3 is 2.34 bits per heavy atom. The van der Waals surface area contributed by atoms with Gasteiger partial charge in [-0.1, -0.05) is 20.8 Å². The van der Waals surface area contributed by atoms with Gasteiger partial charge < -0.3 is 24.8 Å². The fraction of sp³-hybridized carbons (Fsp3) is 0.360. The molecule has 0 spiro atoms. The van der Waals surface area contributed by atoms with Gasteiger partial charge in [0.25, 0.3) is 0 Å². The molecule has 0 bridgehead atoms. The predicted molar refractivity (Wildman–Crippen MR) is 127 cm³/mol. The Bertz CT molecular complexity index is 1110. The molecule has 0 saturated carbocycles. The molecule has 7 nitrogen and oxygen atoms in total. The molecule has 0 unspecified atom stereocenters. The van der Waals surface area contributed by atoms with Crippen molar-refractivity contribution in [2.45, 2.75) is 34.1 Å². The normalized spacial score (nSPS) is 11.2. The number of ether oxygens (including phenoxy) is 3. The van der Waals surface area contributed by atoms with Gasteiger partial charge in [0.2, 0.25) is 0 Å². The summed E-state index contributed by atoms with van der Waals surface area (Å²) in [7, 11) is 3.18. The van der Waals surface area contributed by atoms with Crippen molar-refractivity contribution in [3.05, 3.63) is 48.2 Å². The Morgan fingerprint density at radius 2 is 1.69 bits per heavy atom. The molecule has 0 aliphatic rings. The standard InChI is InChI=1S/C25H31N3O4/c1-16-13-17(28-24(29)27-12-10-25(2,3)4)7-8-20(16)32-21-9-11-26-19-15-23(31-6)22(30-5)14-18(19)21/h7-9,11,13-15H,10,12H2,1-6H3,(H2,27,28,29). The van der Waals surface area contributed by atoms with Crippen LogP contribution in [0.5, 0.6) is 23.0 Å². The number of amides is 2. The van der Waals surface area contributed by atoms with Crippen molar-refractivity contribution in [2.75, 3.05) is 26.1 Å². The molecule has 1 aromatic heterocycles. The van der Waals surface area contributed by atoms with Gasteiger partial charge in [-0.2, -0.15) is 0 Å². The van der Waals surface area contributed by atoms with Gasteiger partial charge in [-0.15, -0.1) is 0 Å². The number of nitrogens with one attached hydrogen (secondary N) is 2. The largest absolute Gasteiger partial charge is 0.493 e. The Hall–Kier alpha value is -3.48. The summed E-state index contributed by atoms with van der Waals surface area (Å²) in [6.45, 7) is 9.00. The molecule has 0 aliphatic heterocycles. The minimum atomic E-state index is -0.219. The maximum absolute atomic E-state index is 12.2. The number of pyridine rings is 1. The van der Waals surface area contributed by atoms with Gasteiger partial charge in [0.05, 0.1) is 19.7 Å². The number of fused-ring (bicyclic) bond motifs is 1. The Morgan fingerprint density at radius 1 is 0.969 bits per heavy atom. The summed E-state index contributed by atoms with van der Waals surface area (Å²) in [6.07, 6.45) is 2.60. The summed E-state index contributed by atoms with van der Waals surface area (Å²) in [5, 5.41) is 6.57. The van der Waals surface area contributed by atoms with Crippen LogP contribution in [0, 0.1) is 12.3 Å². The molecule has 0 saturated heterocycles. The van der Waals surface area contributed by atoms with E-state index in [0.717, 1.165) is 22.9 Å². The molecular weight excluding hydrogens is 406 g/mol. The maximum Gasteiger partial charge on any atom is 0.319 e. The van der Waals surface area contributed by atoms with Gasteiger partial charge in [0.1, 0.15) is 11.5 Å². The molecule has 2 aromatic carbocycles. The second-order valence-corrected chi connectivity index (χ2v) is 8.81. The van der Waals surface area contributed by atoms with Crippen molar-refractivity contribution in [1.29, 1.82) is 0 Å². The molecule has 2 amide bonds. The minimum absolute atomic E-state index is 0.176. The van der Waals surface area contributed by atoms with Crippen molar-refractivity contribution >= 4 is 22.6 Å². The molecule has 0 radical (unpaired) electrons. The van der Waals surface area contributed by atoms with Crippen LogP contribution < -0.4 is 24.8 Å². The summed E-state index contributed by atoms with van der Waals surface area (Å²) in [5.41, 5.74) is 2.51. The third-order valence-electron chi connectivity index (χ3n) is 5.02. The van der Waals surface area contributed by atoms with Crippen molar-refractivity contribution in [3.8, 4) is 23.0 Å². The number of nitrogens with zero attached hydrogens (tertiary/aromatic N) is 1. The molecule has 0 aliphatic carbocycles. The first-order chi connectivity index (χ1) is 15.2. The molecule has 2 N–H and O–H groups in total. The number of hydrogen-bond donors (Lipinski definition) is 2. The topological polar surface area (TPSA) is 81.7 Å². The van der Waals surface area contributed by atoms with Crippen LogP contribution in [0.4, 0.5) is 10.5 Å². The molecule has 3 aromatic rings. The highest BCUT2D eigenvalue weighted by Gasteiger charge is 2.13. The van der Waals surface area contributed by atoms with Gasteiger partial charge in [-0.3, -0.25) is 4.98 Å². The Kier molecular flexibility index (Phi) is 7.08. The summed E-state index contributed by atoms with van der Waals surface area (Å²) >= 11 is 0. The number of aromatic nitrogens is 1. The molecule has 3 rings (SSSR count). The van der Waals surface area contributed by atoms with Crippen molar-refractivity contribution < 1.29 is 19.0 Å². The number of benzene rings is 2. The number of aryl methyl sites for hydroxylation is 1. The highest BCUT2D eigenvalue weighted by molar-refractivity contribution is 5.90. The first-order valence-electron chi connectivity index (χ1n) is 10.5. The summed E-state index contributed by atoms with van der Waals surface area (Å²) in [6, 6.07) is 10.8. The number of carbonyl (C=O) groups is 1. The third kappa shape index (κ3) is 5.81. The molecule has 170 valence electrons. The Labute approximate surface area is 189 Å². The van der Waals surface area contributed by atoms with Crippen LogP contribution >= 0.6 is 0 Å². The fourth-order valence-electron chi connectivity index (χ4n) is 3.22. The van der Waals surface area contributed by atoms with Crippen LogP contribution in [0.15, 0.2) is 42.6 Å². The van der Waals surface area contributed by atoms with Crippen molar-refractivity contribution in [2.24, 2.45) is 5.41 Å². The van der Waals surface area contributed by atoms with Crippen LogP contribution in [0.25, 0.3) is 10.9 Å². The van der Waals surface area contributed by atoms with E-state index in [4.69, 9.17) is 14.2 Å².